The highest BCUT2D eigenvalue weighted by Crippen LogP contribution is 2.21. The number of aryl methyl sites for hydroxylation is 1. The first kappa shape index (κ1) is 24.4. The largest absolute Gasteiger partial charge is 0.490 e. The predicted molar refractivity (Wildman–Crippen MR) is 110 cm³/mol. The molecule has 1 atom stereocenters. The lowest BCUT2D eigenvalue weighted by molar-refractivity contribution is -0.192. The van der Waals surface area contributed by atoms with Gasteiger partial charge in [-0.15, -0.1) is 0 Å². The highest BCUT2D eigenvalue weighted by molar-refractivity contribution is 5.95. The van der Waals surface area contributed by atoms with Gasteiger partial charge in [-0.1, -0.05) is 0 Å². The molecule has 3 aromatic heterocycles. The van der Waals surface area contributed by atoms with Crippen LogP contribution in [0.25, 0.3) is 0 Å². The Kier molecular flexibility index (Phi) is 7.25. The molecule has 178 valence electrons. The van der Waals surface area contributed by atoms with E-state index in [2.05, 4.69) is 9.55 Å². The van der Waals surface area contributed by atoms with Gasteiger partial charge in [0.1, 0.15) is 17.9 Å². The molecule has 1 amide bonds. The summed E-state index contributed by atoms with van der Waals surface area (Å²) in [5.41, 5.74) is 2.08. The number of rotatable bonds is 3. The SMILES string of the molecule is Cc1occc1C(=O)N1Cc2cccn2CC(Oc2ccc(C#N)cn2)C1.O=C(O)C(F)(F)F. The standard InChI is InChI=1S/C20H18N4O3.C2HF3O2/c1-14-18(6-8-26-14)20(25)24-11-16-3-2-7-23(16)12-17(13-24)27-19-5-4-15(9-21)10-22-19;3-2(4,5)1(6)7/h2-8,10,17H,11-13H2,1H3;(H,6,7). The summed E-state index contributed by atoms with van der Waals surface area (Å²) in [7, 11) is 0. The number of furan rings is 1. The second-order valence-corrected chi connectivity index (χ2v) is 7.27. The lowest BCUT2D eigenvalue weighted by Crippen LogP contribution is -2.38. The molecule has 0 aliphatic carbocycles. The fourth-order valence-corrected chi connectivity index (χ4v) is 3.25. The van der Waals surface area contributed by atoms with E-state index in [4.69, 9.17) is 24.3 Å². The second kappa shape index (κ2) is 10.1. The molecule has 0 saturated carbocycles. The van der Waals surface area contributed by atoms with Crippen LogP contribution in [0.2, 0.25) is 0 Å². The maximum atomic E-state index is 13.0. The molecule has 0 aromatic carbocycles. The highest BCUT2D eigenvalue weighted by atomic mass is 19.4. The van der Waals surface area contributed by atoms with Crippen molar-refractivity contribution < 1.29 is 37.0 Å². The summed E-state index contributed by atoms with van der Waals surface area (Å²) in [5, 5.41) is 16.0. The number of nitriles is 1. The number of carboxylic acid groups (broad SMARTS) is 1. The van der Waals surface area contributed by atoms with E-state index >= 15 is 0 Å². The number of carboxylic acids is 1. The molecule has 12 heteroatoms. The van der Waals surface area contributed by atoms with Gasteiger partial charge in [0.25, 0.3) is 5.91 Å². The van der Waals surface area contributed by atoms with Crippen LogP contribution in [0.1, 0.15) is 27.4 Å². The number of fused-ring (bicyclic) bond motifs is 1. The number of carbonyl (C=O) groups excluding carboxylic acids is 1. The molecule has 1 aliphatic rings. The molecule has 4 heterocycles. The van der Waals surface area contributed by atoms with Gasteiger partial charge in [-0.3, -0.25) is 4.79 Å². The second-order valence-electron chi connectivity index (χ2n) is 7.27. The summed E-state index contributed by atoms with van der Waals surface area (Å²) in [4.78, 5) is 27.8. The number of alkyl halides is 3. The number of aromatic nitrogens is 2. The van der Waals surface area contributed by atoms with Crippen LogP contribution in [0.15, 0.2) is 53.4 Å². The van der Waals surface area contributed by atoms with E-state index in [1.807, 2.05) is 24.4 Å². The average Bonchev–Trinajstić information content (AvgIpc) is 3.37. The van der Waals surface area contributed by atoms with E-state index in [9.17, 15) is 18.0 Å². The Morgan fingerprint density at radius 2 is 2.00 bits per heavy atom. The summed E-state index contributed by atoms with van der Waals surface area (Å²) in [5.74, 6) is -1.81. The number of nitrogens with zero attached hydrogens (tertiary/aromatic N) is 4. The third kappa shape index (κ3) is 5.94. The highest BCUT2D eigenvalue weighted by Gasteiger charge is 2.38. The van der Waals surface area contributed by atoms with E-state index in [0.717, 1.165) is 5.69 Å². The van der Waals surface area contributed by atoms with Crippen molar-refractivity contribution >= 4 is 11.9 Å². The van der Waals surface area contributed by atoms with Crippen molar-refractivity contribution in [3.8, 4) is 11.9 Å². The van der Waals surface area contributed by atoms with Crippen LogP contribution in [0.4, 0.5) is 13.2 Å². The summed E-state index contributed by atoms with van der Waals surface area (Å²) in [6.07, 6.45) is -0.368. The number of hydrogen-bond acceptors (Lipinski definition) is 6. The van der Waals surface area contributed by atoms with Crippen molar-refractivity contribution in [1.29, 1.82) is 5.26 Å². The van der Waals surface area contributed by atoms with E-state index < -0.39 is 12.1 Å². The predicted octanol–water partition coefficient (Wildman–Crippen LogP) is 3.39. The van der Waals surface area contributed by atoms with Gasteiger partial charge >= 0.3 is 12.1 Å². The molecule has 1 aliphatic heterocycles. The number of aliphatic carboxylic acids is 1. The first-order valence-electron chi connectivity index (χ1n) is 9.88. The summed E-state index contributed by atoms with van der Waals surface area (Å²) < 4.78 is 45.1. The third-order valence-corrected chi connectivity index (χ3v) is 4.87. The lowest BCUT2D eigenvalue weighted by atomic mass is 10.2. The van der Waals surface area contributed by atoms with Crippen LogP contribution in [0.5, 0.6) is 5.88 Å². The zero-order chi connectivity index (χ0) is 24.9. The molecule has 1 N–H and O–H groups in total. The average molecular weight is 476 g/mol. The molecule has 0 fully saturated rings. The third-order valence-electron chi connectivity index (χ3n) is 4.87. The zero-order valence-electron chi connectivity index (χ0n) is 17.8. The van der Waals surface area contributed by atoms with E-state index in [1.165, 1.54) is 12.5 Å². The molecule has 1 unspecified atom stereocenters. The van der Waals surface area contributed by atoms with Crippen molar-refractivity contribution in [1.82, 2.24) is 14.5 Å². The summed E-state index contributed by atoms with van der Waals surface area (Å²) in [6, 6.07) is 11.0. The van der Waals surface area contributed by atoms with Gasteiger partial charge in [-0.25, -0.2) is 9.78 Å². The number of hydrogen-bond donors (Lipinski definition) is 1. The minimum absolute atomic E-state index is 0.0858. The Morgan fingerprint density at radius 1 is 1.26 bits per heavy atom. The Labute approximate surface area is 191 Å². The van der Waals surface area contributed by atoms with Crippen LogP contribution in [0, 0.1) is 18.3 Å². The maximum absolute atomic E-state index is 13.0. The first-order valence-corrected chi connectivity index (χ1v) is 9.88. The maximum Gasteiger partial charge on any atom is 0.490 e. The Balaban J connectivity index is 0.000000406. The van der Waals surface area contributed by atoms with Gasteiger partial charge in [0, 0.05) is 24.2 Å². The molecule has 4 rings (SSSR count). The molecular formula is C22H19F3N4O5. The van der Waals surface area contributed by atoms with Gasteiger partial charge in [0.05, 0.1) is 37.0 Å². The van der Waals surface area contributed by atoms with Crippen molar-refractivity contribution in [3.05, 3.63) is 71.6 Å². The molecule has 34 heavy (non-hydrogen) atoms. The van der Waals surface area contributed by atoms with Crippen molar-refractivity contribution in [2.45, 2.75) is 32.3 Å². The van der Waals surface area contributed by atoms with Crippen LogP contribution in [0.3, 0.4) is 0 Å². The summed E-state index contributed by atoms with van der Waals surface area (Å²) in [6.45, 7) is 3.31. The van der Waals surface area contributed by atoms with Gasteiger partial charge in [0.2, 0.25) is 5.88 Å². The molecule has 0 spiro atoms. The first-order chi connectivity index (χ1) is 16.1. The number of halogens is 3. The van der Waals surface area contributed by atoms with Crippen molar-refractivity contribution in [2.75, 3.05) is 6.54 Å². The van der Waals surface area contributed by atoms with Crippen molar-refractivity contribution in [2.24, 2.45) is 0 Å². The molecule has 0 saturated heterocycles. The lowest BCUT2D eigenvalue weighted by Gasteiger charge is -2.24. The number of carbonyl (C=O) groups is 2. The van der Waals surface area contributed by atoms with Crippen LogP contribution >= 0.6 is 0 Å². The van der Waals surface area contributed by atoms with Crippen LogP contribution in [-0.2, 0) is 17.9 Å². The number of ether oxygens (including phenoxy) is 1. The molecule has 0 radical (unpaired) electrons. The number of amides is 1. The minimum atomic E-state index is -5.08. The van der Waals surface area contributed by atoms with Gasteiger partial charge in [0.15, 0.2) is 0 Å². The normalized spacial score (nSPS) is 15.3. The fraction of sp³-hybridized carbons (Fsp3) is 0.273. The Morgan fingerprint density at radius 3 is 2.56 bits per heavy atom. The van der Waals surface area contributed by atoms with Gasteiger partial charge < -0.3 is 23.7 Å². The van der Waals surface area contributed by atoms with Crippen LogP contribution in [-0.4, -0.2) is 50.3 Å². The molecular weight excluding hydrogens is 457 g/mol. The van der Waals surface area contributed by atoms with E-state index in [0.29, 0.717) is 42.4 Å². The monoisotopic (exact) mass is 476 g/mol. The molecule has 3 aromatic rings. The van der Waals surface area contributed by atoms with E-state index in [1.54, 1.807) is 30.0 Å². The zero-order valence-corrected chi connectivity index (χ0v) is 17.8. The quantitative estimate of drug-likeness (QED) is 0.615. The Hall–Kier alpha value is -4.27. The summed E-state index contributed by atoms with van der Waals surface area (Å²) >= 11 is 0. The number of pyridine rings is 1. The Bertz CT molecular complexity index is 1190. The smallest absolute Gasteiger partial charge is 0.475 e. The van der Waals surface area contributed by atoms with Gasteiger partial charge in [-0.2, -0.15) is 18.4 Å². The molecule has 0 bridgehead atoms. The fourth-order valence-electron chi connectivity index (χ4n) is 3.25. The van der Waals surface area contributed by atoms with Gasteiger partial charge in [-0.05, 0) is 31.2 Å². The van der Waals surface area contributed by atoms with E-state index in [-0.39, 0.29) is 12.0 Å². The topological polar surface area (TPSA) is 122 Å². The minimum Gasteiger partial charge on any atom is -0.475 e. The molecule has 9 nitrogen and oxygen atoms in total. The van der Waals surface area contributed by atoms with Crippen LogP contribution < -0.4 is 4.74 Å². The van der Waals surface area contributed by atoms with Crippen molar-refractivity contribution in [3.63, 3.8) is 0 Å².